The molecule has 1 aromatic carbocycles. The van der Waals surface area contributed by atoms with E-state index in [1.807, 2.05) is 26.0 Å². The van der Waals surface area contributed by atoms with Crippen molar-refractivity contribution in [1.82, 2.24) is 10.7 Å². The molecule has 3 amide bonds. The summed E-state index contributed by atoms with van der Waals surface area (Å²) in [6, 6.07) is 6.81. The van der Waals surface area contributed by atoms with Crippen molar-refractivity contribution in [3.63, 3.8) is 0 Å². The van der Waals surface area contributed by atoms with Crippen molar-refractivity contribution in [2.24, 2.45) is 16.9 Å². The number of hydrazone groups is 1. The fourth-order valence-corrected chi connectivity index (χ4v) is 3.06. The van der Waals surface area contributed by atoms with Gasteiger partial charge in [0.1, 0.15) is 6.04 Å². The summed E-state index contributed by atoms with van der Waals surface area (Å²) in [5, 5.41) is 9.62. The fourth-order valence-electron chi connectivity index (χ4n) is 3.06. The highest BCUT2D eigenvalue weighted by Gasteiger charge is 2.34. The van der Waals surface area contributed by atoms with Crippen molar-refractivity contribution < 1.29 is 14.4 Å². The van der Waals surface area contributed by atoms with Gasteiger partial charge in [0.15, 0.2) is 0 Å². The molecule has 3 unspecified atom stereocenters. The Morgan fingerprint density at radius 3 is 2.42 bits per heavy atom. The second kappa shape index (κ2) is 6.43. The zero-order chi connectivity index (χ0) is 17.3. The number of nitrogens with zero attached hydrogens (tertiary/aromatic N) is 1. The lowest BCUT2D eigenvalue weighted by Gasteiger charge is -2.19. The molecule has 126 valence electrons. The highest BCUT2D eigenvalue weighted by atomic mass is 16.2. The van der Waals surface area contributed by atoms with E-state index in [1.165, 1.54) is 0 Å². The summed E-state index contributed by atoms with van der Waals surface area (Å²) in [6.07, 6.45) is 0.789. The summed E-state index contributed by atoms with van der Waals surface area (Å²) in [6.45, 7) is 3.83. The Hall–Kier alpha value is -2.70. The van der Waals surface area contributed by atoms with Crippen molar-refractivity contribution in [2.45, 2.75) is 32.7 Å². The van der Waals surface area contributed by atoms with Crippen molar-refractivity contribution in [2.75, 3.05) is 5.32 Å². The van der Waals surface area contributed by atoms with Gasteiger partial charge in [-0.2, -0.15) is 5.10 Å². The van der Waals surface area contributed by atoms with E-state index in [4.69, 9.17) is 0 Å². The molecule has 0 radical (unpaired) electrons. The first-order valence-electron chi connectivity index (χ1n) is 8.01. The van der Waals surface area contributed by atoms with E-state index in [0.29, 0.717) is 18.5 Å². The van der Waals surface area contributed by atoms with E-state index in [9.17, 15) is 14.4 Å². The molecule has 1 saturated heterocycles. The monoisotopic (exact) mass is 328 g/mol. The zero-order valence-electron chi connectivity index (χ0n) is 13.6. The highest BCUT2D eigenvalue weighted by molar-refractivity contribution is 6.06. The van der Waals surface area contributed by atoms with Crippen LogP contribution in [0.4, 0.5) is 5.69 Å². The van der Waals surface area contributed by atoms with Gasteiger partial charge in [0.05, 0.1) is 5.71 Å². The number of hydrogen-bond acceptors (Lipinski definition) is 4. The van der Waals surface area contributed by atoms with Crippen LogP contribution in [0, 0.1) is 11.8 Å². The molecular weight excluding hydrogens is 308 g/mol. The molecule has 0 aliphatic carbocycles. The summed E-state index contributed by atoms with van der Waals surface area (Å²) >= 11 is 0. The number of carbonyl (C=O) groups is 3. The van der Waals surface area contributed by atoms with E-state index >= 15 is 0 Å². The van der Waals surface area contributed by atoms with Gasteiger partial charge in [-0.1, -0.05) is 26.0 Å². The van der Waals surface area contributed by atoms with Crippen LogP contribution in [0.2, 0.25) is 0 Å². The third-order valence-corrected chi connectivity index (χ3v) is 4.38. The smallest absolute Gasteiger partial charge is 0.247 e. The average Bonchev–Trinajstić information content (AvgIpc) is 2.87. The Bertz CT molecular complexity index is 711. The molecule has 24 heavy (non-hydrogen) atoms. The predicted molar refractivity (Wildman–Crippen MR) is 89.2 cm³/mol. The number of rotatable bonds is 3. The van der Waals surface area contributed by atoms with Gasteiger partial charge < -0.3 is 10.6 Å². The van der Waals surface area contributed by atoms with Crippen LogP contribution in [0.15, 0.2) is 29.4 Å². The molecule has 1 fully saturated rings. The van der Waals surface area contributed by atoms with Gasteiger partial charge in [0, 0.05) is 24.4 Å². The minimum atomic E-state index is -0.491. The molecule has 2 aliphatic rings. The van der Waals surface area contributed by atoms with E-state index in [2.05, 4.69) is 21.2 Å². The predicted octanol–water partition coefficient (Wildman–Crippen LogP) is 1.01. The Morgan fingerprint density at radius 1 is 1.12 bits per heavy atom. The topological polar surface area (TPSA) is 99.7 Å². The molecule has 1 aromatic rings. The minimum Gasteiger partial charge on any atom is -0.344 e. The summed E-state index contributed by atoms with van der Waals surface area (Å²) in [7, 11) is 0. The van der Waals surface area contributed by atoms with Crippen LogP contribution in [0.25, 0.3) is 0 Å². The van der Waals surface area contributed by atoms with Crippen LogP contribution in [0.5, 0.6) is 0 Å². The van der Waals surface area contributed by atoms with Crippen molar-refractivity contribution in [1.29, 1.82) is 0 Å². The van der Waals surface area contributed by atoms with Gasteiger partial charge in [-0.25, -0.2) is 5.43 Å². The number of nitrogens with one attached hydrogen (secondary N) is 3. The Balaban J connectivity index is 1.68. The first-order valence-corrected chi connectivity index (χ1v) is 8.01. The highest BCUT2D eigenvalue weighted by Crippen LogP contribution is 2.20. The largest absolute Gasteiger partial charge is 0.344 e. The van der Waals surface area contributed by atoms with Gasteiger partial charge in [-0.3, -0.25) is 14.4 Å². The van der Waals surface area contributed by atoms with Gasteiger partial charge in [-0.05, 0) is 23.6 Å². The standard InChI is InChI=1S/C17H20N4O3/c1-9-8-14(23)20-21-15(9)11-3-5-12(6-4-11)18-17(24)16-10(2)7-13(22)19-16/h3-6,9-10,16H,7-8H2,1-2H3,(H,18,24)(H,19,22)(H,20,23). The SMILES string of the molecule is CC1CC(=O)NN=C1c1ccc(NC(=O)C2NC(=O)CC2C)cc1. The lowest BCUT2D eigenvalue weighted by Crippen LogP contribution is -2.40. The number of carbonyl (C=O) groups excluding carboxylic acids is 3. The molecule has 0 bridgehead atoms. The lowest BCUT2D eigenvalue weighted by atomic mass is 9.94. The first-order chi connectivity index (χ1) is 11.4. The van der Waals surface area contributed by atoms with Gasteiger partial charge in [0.2, 0.25) is 17.7 Å². The van der Waals surface area contributed by atoms with Crippen molar-refractivity contribution in [3.8, 4) is 0 Å². The molecule has 3 N–H and O–H groups in total. The Morgan fingerprint density at radius 2 is 1.83 bits per heavy atom. The molecule has 7 heteroatoms. The molecule has 0 saturated carbocycles. The van der Waals surface area contributed by atoms with Crippen LogP contribution in [0.1, 0.15) is 32.3 Å². The molecule has 3 rings (SSSR count). The van der Waals surface area contributed by atoms with E-state index in [-0.39, 0.29) is 29.6 Å². The van der Waals surface area contributed by atoms with Crippen LogP contribution in [-0.2, 0) is 14.4 Å². The van der Waals surface area contributed by atoms with Crippen LogP contribution in [-0.4, -0.2) is 29.5 Å². The van der Waals surface area contributed by atoms with Crippen LogP contribution in [0.3, 0.4) is 0 Å². The van der Waals surface area contributed by atoms with Gasteiger partial charge in [-0.15, -0.1) is 0 Å². The van der Waals surface area contributed by atoms with Crippen LogP contribution < -0.4 is 16.1 Å². The molecule has 2 aliphatic heterocycles. The molecule has 3 atom stereocenters. The summed E-state index contributed by atoms with van der Waals surface area (Å²) < 4.78 is 0. The molecular formula is C17H20N4O3. The van der Waals surface area contributed by atoms with Gasteiger partial charge >= 0.3 is 0 Å². The summed E-state index contributed by atoms with van der Waals surface area (Å²) in [5.74, 6) is -0.351. The first kappa shape index (κ1) is 16.2. The average molecular weight is 328 g/mol. The van der Waals surface area contributed by atoms with E-state index in [0.717, 1.165) is 11.3 Å². The van der Waals surface area contributed by atoms with Crippen LogP contribution >= 0.6 is 0 Å². The molecule has 7 nitrogen and oxygen atoms in total. The quantitative estimate of drug-likeness (QED) is 0.772. The lowest BCUT2D eigenvalue weighted by molar-refractivity contribution is -0.123. The Kier molecular flexibility index (Phi) is 4.33. The molecule has 0 aromatic heterocycles. The third-order valence-electron chi connectivity index (χ3n) is 4.38. The maximum absolute atomic E-state index is 12.2. The van der Waals surface area contributed by atoms with E-state index < -0.39 is 6.04 Å². The summed E-state index contributed by atoms with van der Waals surface area (Å²) in [4.78, 5) is 34.9. The maximum atomic E-state index is 12.2. The number of benzene rings is 1. The fraction of sp³-hybridized carbons (Fsp3) is 0.412. The number of amides is 3. The second-order valence-corrected chi connectivity index (χ2v) is 6.43. The van der Waals surface area contributed by atoms with Gasteiger partial charge in [0.25, 0.3) is 0 Å². The normalized spacial score (nSPS) is 26.4. The van der Waals surface area contributed by atoms with Crippen molar-refractivity contribution in [3.05, 3.63) is 29.8 Å². The second-order valence-electron chi connectivity index (χ2n) is 6.43. The Labute approximate surface area is 139 Å². The summed E-state index contributed by atoms with van der Waals surface area (Å²) in [5.41, 5.74) is 4.88. The van der Waals surface area contributed by atoms with E-state index in [1.54, 1.807) is 12.1 Å². The minimum absolute atomic E-state index is 0.0159. The molecule has 0 spiro atoms. The maximum Gasteiger partial charge on any atom is 0.247 e. The number of hydrogen-bond donors (Lipinski definition) is 3. The van der Waals surface area contributed by atoms with Crippen molar-refractivity contribution >= 4 is 29.1 Å². The molecule has 2 heterocycles. The number of anilines is 1. The third kappa shape index (κ3) is 3.29. The zero-order valence-corrected chi connectivity index (χ0v) is 13.6.